The van der Waals surface area contributed by atoms with Crippen molar-refractivity contribution in [3.8, 4) is 22.6 Å². The van der Waals surface area contributed by atoms with Crippen molar-refractivity contribution < 1.29 is 10.2 Å². The first-order chi connectivity index (χ1) is 7.18. The minimum atomic E-state index is 0.0168. The molecule has 2 nitrogen and oxygen atoms in total. The van der Waals surface area contributed by atoms with Crippen molar-refractivity contribution in [1.29, 1.82) is 0 Å². The zero-order chi connectivity index (χ0) is 10.8. The van der Waals surface area contributed by atoms with Crippen LogP contribution in [-0.4, -0.2) is 10.2 Å². The fraction of sp³-hybridized carbons (Fsp3) is 0. The second-order valence-corrected chi connectivity index (χ2v) is 3.59. The topological polar surface area (TPSA) is 40.5 Å². The van der Waals surface area contributed by atoms with Crippen LogP contribution in [0.1, 0.15) is 0 Å². The zero-order valence-electron chi connectivity index (χ0n) is 7.81. The summed E-state index contributed by atoms with van der Waals surface area (Å²) < 4.78 is 0. The first-order valence-electron chi connectivity index (χ1n) is 4.45. The van der Waals surface area contributed by atoms with Crippen molar-refractivity contribution in [3.05, 3.63) is 47.5 Å². The maximum atomic E-state index is 9.65. The van der Waals surface area contributed by atoms with Crippen molar-refractivity contribution in [2.24, 2.45) is 0 Å². The van der Waals surface area contributed by atoms with E-state index in [1.807, 2.05) is 18.2 Å². The molecule has 0 spiro atoms. The molecule has 2 aromatic carbocycles. The molecular weight excluding hydrogens is 212 g/mol. The van der Waals surface area contributed by atoms with E-state index in [9.17, 15) is 5.11 Å². The summed E-state index contributed by atoms with van der Waals surface area (Å²) in [5, 5.41) is 19.4. The van der Waals surface area contributed by atoms with Crippen LogP contribution in [0.3, 0.4) is 0 Å². The van der Waals surface area contributed by atoms with Gasteiger partial charge in [-0.25, -0.2) is 0 Å². The van der Waals surface area contributed by atoms with Gasteiger partial charge in [0.05, 0.1) is 0 Å². The maximum Gasteiger partial charge on any atom is 0.127 e. The lowest BCUT2D eigenvalue weighted by Crippen LogP contribution is -1.80. The minimum absolute atomic E-state index is 0.0168. The normalized spacial score (nSPS) is 10.2. The summed E-state index contributed by atoms with van der Waals surface area (Å²) in [6.45, 7) is 0. The molecule has 0 bridgehead atoms. The van der Waals surface area contributed by atoms with Crippen LogP contribution in [0, 0.1) is 0 Å². The largest absolute Gasteiger partial charge is 0.508 e. The molecule has 0 atom stereocenters. The molecule has 0 aliphatic heterocycles. The number of aromatic hydroxyl groups is 2. The Morgan fingerprint density at radius 3 is 2.27 bits per heavy atom. The molecule has 0 amide bonds. The van der Waals surface area contributed by atoms with Crippen LogP contribution in [-0.2, 0) is 0 Å². The predicted octanol–water partition coefficient (Wildman–Crippen LogP) is 3.42. The highest BCUT2D eigenvalue weighted by Crippen LogP contribution is 2.35. The predicted molar refractivity (Wildman–Crippen MR) is 60.2 cm³/mol. The molecule has 0 saturated heterocycles. The number of halogens is 1. The highest BCUT2D eigenvalue weighted by Gasteiger charge is 2.07. The first-order valence-corrected chi connectivity index (χ1v) is 4.83. The van der Waals surface area contributed by atoms with Gasteiger partial charge in [0.25, 0.3) is 0 Å². The second-order valence-electron chi connectivity index (χ2n) is 3.18. The minimum Gasteiger partial charge on any atom is -0.508 e. The highest BCUT2D eigenvalue weighted by molar-refractivity contribution is 6.33. The van der Waals surface area contributed by atoms with Gasteiger partial charge in [-0.2, -0.15) is 0 Å². The SMILES string of the molecule is Oc1ccc(-c2ccccc2Cl)c(O)c1. The van der Waals surface area contributed by atoms with Crippen molar-refractivity contribution in [1.82, 2.24) is 0 Å². The Morgan fingerprint density at radius 2 is 1.60 bits per heavy atom. The summed E-state index contributed by atoms with van der Waals surface area (Å²) in [6.07, 6.45) is 0. The van der Waals surface area contributed by atoms with Gasteiger partial charge in [-0.15, -0.1) is 0 Å². The lowest BCUT2D eigenvalue weighted by atomic mass is 10.0. The average molecular weight is 221 g/mol. The lowest BCUT2D eigenvalue weighted by molar-refractivity contribution is 0.452. The molecule has 76 valence electrons. The number of phenols is 2. The standard InChI is InChI=1S/C12H9ClO2/c13-11-4-2-1-3-9(11)10-6-5-8(14)7-12(10)15/h1-7,14-15H. The van der Waals surface area contributed by atoms with Gasteiger partial charge in [-0.1, -0.05) is 29.8 Å². The Morgan fingerprint density at radius 1 is 0.867 bits per heavy atom. The van der Waals surface area contributed by atoms with Crippen LogP contribution < -0.4 is 0 Å². The monoisotopic (exact) mass is 220 g/mol. The quantitative estimate of drug-likeness (QED) is 0.773. The van der Waals surface area contributed by atoms with Crippen molar-refractivity contribution in [2.45, 2.75) is 0 Å². The van der Waals surface area contributed by atoms with Gasteiger partial charge in [0.1, 0.15) is 11.5 Å². The molecule has 0 heterocycles. The second kappa shape index (κ2) is 3.83. The van der Waals surface area contributed by atoms with Crippen LogP contribution in [0.15, 0.2) is 42.5 Å². The Bertz CT molecular complexity index is 495. The molecule has 2 aromatic rings. The molecule has 0 aliphatic rings. The Hall–Kier alpha value is -1.67. The zero-order valence-corrected chi connectivity index (χ0v) is 8.57. The first kappa shape index (κ1) is 9.87. The number of rotatable bonds is 1. The van der Waals surface area contributed by atoms with Crippen LogP contribution in [0.4, 0.5) is 0 Å². The molecular formula is C12H9ClO2. The summed E-state index contributed by atoms with van der Waals surface area (Å²) in [5.41, 5.74) is 1.36. The maximum absolute atomic E-state index is 9.65. The van der Waals surface area contributed by atoms with Gasteiger partial charge < -0.3 is 10.2 Å². The highest BCUT2D eigenvalue weighted by atomic mass is 35.5. The molecule has 15 heavy (non-hydrogen) atoms. The van der Waals surface area contributed by atoms with E-state index in [2.05, 4.69) is 0 Å². The molecule has 3 heteroatoms. The van der Waals surface area contributed by atoms with Crippen LogP contribution in [0.5, 0.6) is 11.5 Å². The summed E-state index contributed by atoms with van der Waals surface area (Å²) in [6, 6.07) is 11.7. The smallest absolute Gasteiger partial charge is 0.127 e. The third-order valence-electron chi connectivity index (χ3n) is 2.15. The van der Waals surface area contributed by atoms with E-state index >= 15 is 0 Å². The van der Waals surface area contributed by atoms with Crippen LogP contribution in [0.25, 0.3) is 11.1 Å². The summed E-state index contributed by atoms with van der Waals surface area (Å²) in [4.78, 5) is 0. The Labute approximate surface area is 92.4 Å². The number of hydrogen-bond acceptors (Lipinski definition) is 2. The van der Waals surface area contributed by atoms with Gasteiger partial charge in [-0.05, 0) is 18.2 Å². The van der Waals surface area contributed by atoms with Crippen LogP contribution in [0.2, 0.25) is 5.02 Å². The van der Waals surface area contributed by atoms with Crippen molar-refractivity contribution >= 4 is 11.6 Å². The fourth-order valence-corrected chi connectivity index (χ4v) is 1.66. The molecule has 0 saturated carbocycles. The summed E-state index contributed by atoms with van der Waals surface area (Å²) >= 11 is 6.00. The molecule has 0 unspecified atom stereocenters. The summed E-state index contributed by atoms with van der Waals surface area (Å²) in [5.74, 6) is 0.0476. The van der Waals surface area contributed by atoms with E-state index in [1.54, 1.807) is 12.1 Å². The van der Waals surface area contributed by atoms with E-state index in [0.717, 1.165) is 5.56 Å². The van der Waals surface area contributed by atoms with Crippen molar-refractivity contribution in [2.75, 3.05) is 0 Å². The van der Waals surface area contributed by atoms with E-state index in [0.29, 0.717) is 10.6 Å². The third-order valence-corrected chi connectivity index (χ3v) is 2.47. The number of benzene rings is 2. The third kappa shape index (κ3) is 1.90. The van der Waals surface area contributed by atoms with E-state index in [4.69, 9.17) is 16.7 Å². The Balaban J connectivity index is 2.60. The van der Waals surface area contributed by atoms with Gasteiger partial charge in [-0.3, -0.25) is 0 Å². The lowest BCUT2D eigenvalue weighted by Gasteiger charge is -2.06. The molecule has 2 N–H and O–H groups in total. The van der Waals surface area contributed by atoms with Gasteiger partial charge in [0.15, 0.2) is 0 Å². The van der Waals surface area contributed by atoms with Crippen molar-refractivity contribution in [3.63, 3.8) is 0 Å². The van der Waals surface area contributed by atoms with Gasteiger partial charge in [0, 0.05) is 22.2 Å². The average Bonchev–Trinajstić information content (AvgIpc) is 2.20. The summed E-state index contributed by atoms with van der Waals surface area (Å²) in [7, 11) is 0. The molecule has 0 aliphatic carbocycles. The van der Waals surface area contributed by atoms with E-state index < -0.39 is 0 Å². The number of hydrogen-bond donors (Lipinski definition) is 2. The number of phenolic OH excluding ortho intramolecular Hbond substituents is 2. The molecule has 0 fully saturated rings. The van der Waals surface area contributed by atoms with Gasteiger partial charge >= 0.3 is 0 Å². The van der Waals surface area contributed by atoms with E-state index in [-0.39, 0.29) is 11.5 Å². The van der Waals surface area contributed by atoms with E-state index in [1.165, 1.54) is 12.1 Å². The molecule has 0 aromatic heterocycles. The van der Waals surface area contributed by atoms with Crippen LogP contribution >= 0.6 is 11.6 Å². The Kier molecular flexibility index (Phi) is 2.52. The molecule has 0 radical (unpaired) electrons. The fourth-order valence-electron chi connectivity index (χ4n) is 1.43. The van der Waals surface area contributed by atoms with Gasteiger partial charge in [0.2, 0.25) is 0 Å². The molecule has 2 rings (SSSR count).